The van der Waals surface area contributed by atoms with Crippen LogP contribution in [0.15, 0.2) is 72.6 Å². The minimum atomic E-state index is -0.849. The molecule has 0 radical (unpaired) electrons. The van der Waals surface area contributed by atoms with Crippen LogP contribution in [0.4, 0.5) is 0 Å². The van der Waals surface area contributed by atoms with Gasteiger partial charge in [0, 0.05) is 29.5 Å². The number of Topliss-reactive ketones (excluding diaryl/α,β-unsaturated/α-hetero) is 1. The number of ketones is 1. The van der Waals surface area contributed by atoms with Crippen LogP contribution in [0.3, 0.4) is 0 Å². The van der Waals surface area contributed by atoms with Crippen molar-refractivity contribution in [2.24, 2.45) is 0 Å². The summed E-state index contributed by atoms with van der Waals surface area (Å²) in [5, 5.41) is 12.1. The Morgan fingerprint density at radius 2 is 1.61 bits per heavy atom. The number of rotatable bonds is 4. The number of benzene rings is 2. The van der Waals surface area contributed by atoms with E-state index in [0.717, 1.165) is 5.56 Å². The lowest BCUT2D eigenvalue weighted by Crippen LogP contribution is -2.29. The average molecular weight is 474 g/mol. The Bertz CT molecular complexity index is 1190. The molecule has 2 heterocycles. The van der Waals surface area contributed by atoms with Gasteiger partial charge in [0.1, 0.15) is 5.76 Å². The summed E-state index contributed by atoms with van der Waals surface area (Å²) in [6, 6.07) is 13.9. The summed E-state index contributed by atoms with van der Waals surface area (Å²) in [6.07, 6.45) is 3.21. The summed E-state index contributed by atoms with van der Waals surface area (Å²) < 4.78 is 0. The van der Waals surface area contributed by atoms with Crippen molar-refractivity contribution in [3.63, 3.8) is 0 Å². The number of aliphatic hydroxyl groups is 1. The van der Waals surface area contributed by atoms with Gasteiger partial charge in [0.2, 0.25) is 0 Å². The molecule has 1 aliphatic rings. The van der Waals surface area contributed by atoms with E-state index in [-0.39, 0.29) is 22.9 Å². The SMILES string of the molecule is O=C1C(=O)N(Cc2ccncc2)C(c2ccc(Cl)c(Cl)c2)/C1=C(/O)c1ccc(Cl)cc1. The fourth-order valence-corrected chi connectivity index (χ4v) is 3.95. The molecule has 0 aliphatic carbocycles. The van der Waals surface area contributed by atoms with Gasteiger partial charge in [-0.3, -0.25) is 14.6 Å². The maximum Gasteiger partial charge on any atom is 0.295 e. The highest BCUT2D eigenvalue weighted by atomic mass is 35.5. The van der Waals surface area contributed by atoms with Gasteiger partial charge >= 0.3 is 0 Å². The Kier molecular flexibility index (Phi) is 6.01. The topological polar surface area (TPSA) is 70.5 Å². The molecule has 5 nitrogen and oxygen atoms in total. The number of likely N-dealkylation sites (tertiary alicyclic amines) is 1. The first kappa shape index (κ1) is 21.4. The largest absolute Gasteiger partial charge is 0.507 e. The van der Waals surface area contributed by atoms with Crippen molar-refractivity contribution >= 4 is 52.3 Å². The molecule has 2 aromatic carbocycles. The average Bonchev–Trinajstić information content (AvgIpc) is 3.01. The van der Waals surface area contributed by atoms with Crippen LogP contribution in [-0.4, -0.2) is 26.7 Å². The molecular formula is C23H15Cl3N2O3. The third-order valence-corrected chi connectivity index (χ3v) is 6.01. The molecule has 0 bridgehead atoms. The van der Waals surface area contributed by atoms with Crippen LogP contribution in [-0.2, 0) is 16.1 Å². The third kappa shape index (κ3) is 4.17. The molecule has 0 saturated carbocycles. The van der Waals surface area contributed by atoms with Gasteiger partial charge < -0.3 is 10.0 Å². The summed E-state index contributed by atoms with van der Waals surface area (Å²) in [7, 11) is 0. The fourth-order valence-electron chi connectivity index (χ4n) is 3.52. The zero-order valence-corrected chi connectivity index (χ0v) is 18.2. The number of carbonyl (C=O) groups is 2. The van der Waals surface area contributed by atoms with E-state index in [9.17, 15) is 14.7 Å². The summed E-state index contributed by atoms with van der Waals surface area (Å²) in [5.41, 5.74) is 1.68. The number of amides is 1. The van der Waals surface area contributed by atoms with Crippen LogP contribution in [0.1, 0.15) is 22.7 Å². The fraction of sp³-hybridized carbons (Fsp3) is 0.0870. The lowest BCUT2D eigenvalue weighted by atomic mass is 9.95. The van der Waals surface area contributed by atoms with Crippen LogP contribution in [0, 0.1) is 0 Å². The Morgan fingerprint density at radius 1 is 0.935 bits per heavy atom. The van der Waals surface area contributed by atoms with Gasteiger partial charge in [-0.1, -0.05) is 40.9 Å². The second-order valence-electron chi connectivity index (χ2n) is 6.96. The molecule has 1 aliphatic heterocycles. The van der Waals surface area contributed by atoms with Crippen LogP contribution in [0.2, 0.25) is 15.1 Å². The minimum Gasteiger partial charge on any atom is -0.507 e. The molecule has 1 N–H and O–H groups in total. The molecular weight excluding hydrogens is 459 g/mol. The predicted octanol–water partition coefficient (Wildman–Crippen LogP) is 5.66. The highest BCUT2D eigenvalue weighted by molar-refractivity contribution is 6.46. The third-order valence-electron chi connectivity index (χ3n) is 5.02. The molecule has 1 unspecified atom stereocenters. The molecule has 1 fully saturated rings. The summed E-state index contributed by atoms with van der Waals surface area (Å²) in [4.78, 5) is 31.4. The second-order valence-corrected chi connectivity index (χ2v) is 8.21. The number of hydrogen-bond donors (Lipinski definition) is 1. The smallest absolute Gasteiger partial charge is 0.295 e. The lowest BCUT2D eigenvalue weighted by molar-refractivity contribution is -0.140. The Balaban J connectivity index is 1.88. The molecule has 4 rings (SSSR count). The number of pyridine rings is 1. The number of halogens is 3. The van der Waals surface area contributed by atoms with Gasteiger partial charge in [0.25, 0.3) is 11.7 Å². The molecule has 156 valence electrons. The Hall–Kier alpha value is -2.86. The quantitative estimate of drug-likeness (QED) is 0.301. The minimum absolute atomic E-state index is 0.0280. The van der Waals surface area contributed by atoms with Crippen LogP contribution >= 0.6 is 34.8 Å². The van der Waals surface area contributed by atoms with E-state index in [1.54, 1.807) is 67.0 Å². The number of carbonyl (C=O) groups excluding carboxylic acids is 2. The van der Waals surface area contributed by atoms with E-state index in [4.69, 9.17) is 34.8 Å². The first-order valence-corrected chi connectivity index (χ1v) is 10.4. The Morgan fingerprint density at radius 3 is 2.26 bits per heavy atom. The number of aromatic nitrogens is 1. The van der Waals surface area contributed by atoms with Crippen molar-refractivity contribution in [3.8, 4) is 0 Å². The molecule has 1 saturated heterocycles. The predicted molar refractivity (Wildman–Crippen MR) is 120 cm³/mol. The summed E-state index contributed by atoms with van der Waals surface area (Å²) >= 11 is 18.2. The monoisotopic (exact) mass is 472 g/mol. The highest BCUT2D eigenvalue weighted by Crippen LogP contribution is 2.41. The van der Waals surface area contributed by atoms with E-state index in [0.29, 0.717) is 21.2 Å². The van der Waals surface area contributed by atoms with E-state index in [2.05, 4.69) is 4.98 Å². The molecule has 3 aromatic rings. The standard InChI is InChI=1S/C23H15Cl3N2O3/c24-16-4-1-14(2-5-16)21(29)19-20(15-3-6-17(25)18(26)11-15)28(23(31)22(19)30)12-13-7-9-27-10-8-13/h1-11,20,29H,12H2/b21-19-. The van der Waals surface area contributed by atoms with Gasteiger partial charge in [-0.05, 0) is 59.7 Å². The molecule has 0 spiro atoms. The van der Waals surface area contributed by atoms with Crippen molar-refractivity contribution in [3.05, 3.63) is 104 Å². The number of nitrogens with zero attached hydrogens (tertiary/aromatic N) is 2. The van der Waals surface area contributed by atoms with E-state index in [1.165, 1.54) is 4.90 Å². The maximum atomic E-state index is 13.0. The van der Waals surface area contributed by atoms with Gasteiger partial charge in [-0.25, -0.2) is 0 Å². The zero-order valence-electron chi connectivity index (χ0n) is 15.9. The van der Waals surface area contributed by atoms with Crippen LogP contribution < -0.4 is 0 Å². The maximum absolute atomic E-state index is 13.0. The number of hydrogen-bond acceptors (Lipinski definition) is 4. The van der Waals surface area contributed by atoms with Crippen molar-refractivity contribution in [2.45, 2.75) is 12.6 Å². The zero-order chi connectivity index (χ0) is 22.1. The van der Waals surface area contributed by atoms with Crippen molar-refractivity contribution in [2.75, 3.05) is 0 Å². The van der Waals surface area contributed by atoms with E-state index in [1.807, 2.05) is 0 Å². The van der Waals surface area contributed by atoms with Crippen molar-refractivity contribution < 1.29 is 14.7 Å². The highest BCUT2D eigenvalue weighted by Gasteiger charge is 2.46. The van der Waals surface area contributed by atoms with Crippen LogP contribution in [0.5, 0.6) is 0 Å². The van der Waals surface area contributed by atoms with Gasteiger partial charge in [0.05, 0.1) is 21.7 Å². The first-order chi connectivity index (χ1) is 14.9. The molecule has 1 aromatic heterocycles. The molecule has 1 amide bonds. The summed E-state index contributed by atoms with van der Waals surface area (Å²) in [6.45, 7) is 0.148. The van der Waals surface area contributed by atoms with E-state index < -0.39 is 17.7 Å². The molecule has 8 heteroatoms. The van der Waals surface area contributed by atoms with Crippen molar-refractivity contribution in [1.82, 2.24) is 9.88 Å². The van der Waals surface area contributed by atoms with E-state index >= 15 is 0 Å². The van der Waals surface area contributed by atoms with Gasteiger partial charge in [-0.2, -0.15) is 0 Å². The van der Waals surface area contributed by atoms with Crippen molar-refractivity contribution in [1.29, 1.82) is 0 Å². The summed E-state index contributed by atoms with van der Waals surface area (Å²) in [5.74, 6) is -1.79. The van der Waals surface area contributed by atoms with Gasteiger partial charge in [0.15, 0.2) is 0 Å². The Labute approximate surface area is 193 Å². The second kappa shape index (κ2) is 8.71. The van der Waals surface area contributed by atoms with Crippen LogP contribution in [0.25, 0.3) is 5.76 Å². The first-order valence-electron chi connectivity index (χ1n) is 9.25. The molecule has 1 atom stereocenters. The molecule has 31 heavy (non-hydrogen) atoms. The van der Waals surface area contributed by atoms with Gasteiger partial charge in [-0.15, -0.1) is 0 Å². The normalized spacial score (nSPS) is 17.9. The lowest BCUT2D eigenvalue weighted by Gasteiger charge is -2.25. The number of aliphatic hydroxyl groups excluding tert-OH is 1.